The first-order valence-electron chi connectivity index (χ1n) is 8.96. The van der Waals surface area contributed by atoms with E-state index in [0.717, 1.165) is 45.6 Å². The van der Waals surface area contributed by atoms with Gasteiger partial charge in [0.2, 0.25) is 0 Å². The summed E-state index contributed by atoms with van der Waals surface area (Å²) >= 11 is 0. The van der Waals surface area contributed by atoms with Crippen LogP contribution in [-0.2, 0) is 0 Å². The SMILES string of the molecule is CCCOc1ccc2c(c1)C(=O)C(c1ccccc1)=C2c1ccccc1. The summed E-state index contributed by atoms with van der Waals surface area (Å²) in [6, 6.07) is 25.9. The number of hydrogen-bond acceptors (Lipinski definition) is 2. The van der Waals surface area contributed by atoms with Crippen LogP contribution in [-0.4, -0.2) is 12.4 Å². The van der Waals surface area contributed by atoms with Crippen molar-refractivity contribution >= 4 is 16.9 Å². The van der Waals surface area contributed by atoms with Gasteiger partial charge >= 0.3 is 0 Å². The average Bonchev–Trinajstić information content (AvgIpc) is 3.00. The molecule has 128 valence electrons. The Bertz CT molecular complexity index is 970. The summed E-state index contributed by atoms with van der Waals surface area (Å²) in [5.41, 5.74) is 5.46. The summed E-state index contributed by atoms with van der Waals surface area (Å²) in [5.74, 6) is 0.813. The second-order valence-electron chi connectivity index (χ2n) is 6.37. The molecule has 2 heteroatoms. The predicted molar refractivity (Wildman–Crippen MR) is 105 cm³/mol. The number of carbonyl (C=O) groups excluding carboxylic acids is 1. The Kier molecular flexibility index (Phi) is 4.40. The maximum absolute atomic E-state index is 13.3. The van der Waals surface area contributed by atoms with E-state index in [0.29, 0.717) is 6.61 Å². The quantitative estimate of drug-likeness (QED) is 0.601. The lowest BCUT2D eigenvalue weighted by molar-refractivity contribution is 0.105. The molecule has 3 aromatic carbocycles. The molecule has 0 fully saturated rings. The Morgan fingerprint density at radius 3 is 1.96 bits per heavy atom. The molecule has 0 bridgehead atoms. The van der Waals surface area contributed by atoms with E-state index in [-0.39, 0.29) is 5.78 Å². The van der Waals surface area contributed by atoms with Crippen LogP contribution in [0.25, 0.3) is 11.1 Å². The van der Waals surface area contributed by atoms with Gasteiger partial charge in [0.25, 0.3) is 0 Å². The van der Waals surface area contributed by atoms with Crippen molar-refractivity contribution in [3.05, 3.63) is 101 Å². The highest BCUT2D eigenvalue weighted by Gasteiger charge is 2.31. The second-order valence-corrected chi connectivity index (χ2v) is 6.37. The first-order valence-corrected chi connectivity index (χ1v) is 8.96. The minimum absolute atomic E-state index is 0.0620. The highest BCUT2D eigenvalue weighted by molar-refractivity contribution is 6.41. The lowest BCUT2D eigenvalue weighted by Gasteiger charge is -2.09. The molecular weight excluding hydrogens is 320 g/mol. The van der Waals surface area contributed by atoms with Crippen LogP contribution in [0, 0.1) is 0 Å². The van der Waals surface area contributed by atoms with Crippen LogP contribution in [0.3, 0.4) is 0 Å². The van der Waals surface area contributed by atoms with Crippen LogP contribution in [0.5, 0.6) is 5.75 Å². The van der Waals surface area contributed by atoms with Crippen molar-refractivity contribution < 1.29 is 9.53 Å². The Morgan fingerprint density at radius 1 is 0.731 bits per heavy atom. The van der Waals surface area contributed by atoms with E-state index in [4.69, 9.17) is 4.74 Å². The molecule has 0 radical (unpaired) electrons. The van der Waals surface area contributed by atoms with Gasteiger partial charge in [0.1, 0.15) is 5.75 Å². The number of fused-ring (bicyclic) bond motifs is 1. The first kappa shape index (κ1) is 16.3. The van der Waals surface area contributed by atoms with Crippen molar-refractivity contribution in [2.24, 2.45) is 0 Å². The molecule has 0 amide bonds. The summed E-state index contributed by atoms with van der Waals surface area (Å²) in [4.78, 5) is 13.3. The number of ether oxygens (including phenoxy) is 1. The zero-order valence-corrected chi connectivity index (χ0v) is 14.7. The molecule has 0 saturated heterocycles. The largest absolute Gasteiger partial charge is 0.494 e. The zero-order chi connectivity index (χ0) is 17.9. The summed E-state index contributed by atoms with van der Waals surface area (Å²) in [6.45, 7) is 2.72. The Labute approximate surface area is 153 Å². The summed E-state index contributed by atoms with van der Waals surface area (Å²) in [7, 11) is 0. The van der Waals surface area contributed by atoms with Gasteiger partial charge in [0.15, 0.2) is 5.78 Å². The van der Waals surface area contributed by atoms with Crippen LogP contribution in [0.2, 0.25) is 0 Å². The van der Waals surface area contributed by atoms with Gasteiger partial charge in [0, 0.05) is 16.7 Å². The highest BCUT2D eigenvalue weighted by Crippen LogP contribution is 2.43. The number of carbonyl (C=O) groups is 1. The van der Waals surface area contributed by atoms with Gasteiger partial charge in [0.05, 0.1) is 6.61 Å². The van der Waals surface area contributed by atoms with Crippen molar-refractivity contribution in [3.8, 4) is 5.75 Å². The summed E-state index contributed by atoms with van der Waals surface area (Å²) < 4.78 is 5.74. The lowest BCUT2D eigenvalue weighted by Crippen LogP contribution is -2.00. The third-order valence-corrected chi connectivity index (χ3v) is 4.58. The Balaban J connectivity index is 1.90. The molecule has 1 aliphatic rings. The third-order valence-electron chi connectivity index (χ3n) is 4.58. The minimum atomic E-state index is 0.0620. The van der Waals surface area contributed by atoms with Gasteiger partial charge < -0.3 is 4.74 Å². The van der Waals surface area contributed by atoms with Crippen molar-refractivity contribution in [2.45, 2.75) is 13.3 Å². The van der Waals surface area contributed by atoms with Crippen molar-refractivity contribution in [1.29, 1.82) is 0 Å². The van der Waals surface area contributed by atoms with Gasteiger partial charge in [-0.05, 0) is 41.3 Å². The van der Waals surface area contributed by atoms with E-state index in [1.165, 1.54) is 0 Å². The molecule has 2 nitrogen and oxygen atoms in total. The summed E-state index contributed by atoms with van der Waals surface area (Å²) in [5, 5.41) is 0. The van der Waals surface area contributed by atoms with Crippen LogP contribution in [0.4, 0.5) is 0 Å². The number of benzene rings is 3. The smallest absolute Gasteiger partial charge is 0.195 e. The van der Waals surface area contributed by atoms with E-state index < -0.39 is 0 Å². The molecule has 3 aromatic rings. The van der Waals surface area contributed by atoms with Crippen LogP contribution in [0.1, 0.15) is 40.4 Å². The minimum Gasteiger partial charge on any atom is -0.494 e. The van der Waals surface area contributed by atoms with E-state index in [1.807, 2.05) is 66.7 Å². The summed E-state index contributed by atoms with van der Waals surface area (Å²) in [6.07, 6.45) is 0.938. The predicted octanol–water partition coefficient (Wildman–Crippen LogP) is 5.63. The van der Waals surface area contributed by atoms with Crippen molar-refractivity contribution in [1.82, 2.24) is 0 Å². The molecular formula is C24H20O2. The highest BCUT2D eigenvalue weighted by atomic mass is 16.5. The molecule has 26 heavy (non-hydrogen) atoms. The van der Waals surface area contributed by atoms with E-state index in [1.54, 1.807) is 0 Å². The topological polar surface area (TPSA) is 26.3 Å². The average molecular weight is 340 g/mol. The van der Waals surface area contributed by atoms with Gasteiger partial charge in [-0.15, -0.1) is 0 Å². The number of allylic oxidation sites excluding steroid dienone is 1. The van der Waals surface area contributed by atoms with Gasteiger partial charge in [-0.3, -0.25) is 4.79 Å². The normalized spacial score (nSPS) is 13.0. The molecule has 1 aliphatic carbocycles. The molecule has 0 atom stereocenters. The van der Waals surface area contributed by atoms with Crippen LogP contribution in [0.15, 0.2) is 78.9 Å². The molecule has 4 rings (SSSR count). The number of hydrogen-bond donors (Lipinski definition) is 0. The fourth-order valence-corrected chi connectivity index (χ4v) is 3.41. The van der Waals surface area contributed by atoms with Crippen LogP contribution >= 0.6 is 0 Å². The van der Waals surface area contributed by atoms with Gasteiger partial charge in [-0.2, -0.15) is 0 Å². The first-order chi connectivity index (χ1) is 12.8. The number of ketones is 1. The van der Waals surface area contributed by atoms with E-state index in [2.05, 4.69) is 19.1 Å². The fraction of sp³-hybridized carbons (Fsp3) is 0.125. The molecule has 0 unspecified atom stereocenters. The lowest BCUT2D eigenvalue weighted by atomic mass is 9.94. The molecule has 0 aliphatic heterocycles. The Hall–Kier alpha value is -3.13. The molecule has 0 heterocycles. The number of rotatable bonds is 5. The fourth-order valence-electron chi connectivity index (χ4n) is 3.41. The van der Waals surface area contributed by atoms with Gasteiger partial charge in [-0.25, -0.2) is 0 Å². The molecule has 0 spiro atoms. The zero-order valence-electron chi connectivity index (χ0n) is 14.7. The molecule has 0 saturated carbocycles. The number of Topliss-reactive ketones (excluding diaryl/α,β-unsaturated/α-hetero) is 1. The van der Waals surface area contributed by atoms with E-state index in [9.17, 15) is 4.79 Å². The maximum atomic E-state index is 13.3. The van der Waals surface area contributed by atoms with Crippen LogP contribution < -0.4 is 4.74 Å². The third kappa shape index (κ3) is 2.84. The van der Waals surface area contributed by atoms with E-state index >= 15 is 0 Å². The standard InChI is InChI=1S/C24H20O2/c1-2-15-26-19-13-14-20-21(16-19)24(25)23(18-11-7-4-8-12-18)22(20)17-9-5-3-6-10-17/h3-14,16H,2,15H2,1H3. The maximum Gasteiger partial charge on any atom is 0.195 e. The monoisotopic (exact) mass is 340 g/mol. The Morgan fingerprint density at radius 2 is 1.35 bits per heavy atom. The molecule has 0 aromatic heterocycles. The molecule has 0 N–H and O–H groups in total. The van der Waals surface area contributed by atoms with Gasteiger partial charge in [-0.1, -0.05) is 67.6 Å². The second kappa shape index (κ2) is 7.01. The van der Waals surface area contributed by atoms with Crippen molar-refractivity contribution in [3.63, 3.8) is 0 Å². The van der Waals surface area contributed by atoms with Crippen molar-refractivity contribution in [2.75, 3.05) is 6.61 Å².